The van der Waals surface area contributed by atoms with Gasteiger partial charge in [-0.15, -0.1) is 0 Å². The Kier molecular flexibility index (Phi) is 3.96. The van der Waals surface area contributed by atoms with Crippen LogP contribution in [-0.4, -0.2) is 13.1 Å². The first-order valence-electron chi connectivity index (χ1n) is 7.21. The molecule has 1 aromatic rings. The van der Waals surface area contributed by atoms with Crippen LogP contribution in [0.25, 0.3) is 0 Å². The molecule has 0 spiro atoms. The Morgan fingerprint density at radius 2 is 1.83 bits per heavy atom. The highest BCUT2D eigenvalue weighted by molar-refractivity contribution is 5.49. The third kappa shape index (κ3) is 2.54. The van der Waals surface area contributed by atoms with E-state index in [0.29, 0.717) is 5.41 Å². The summed E-state index contributed by atoms with van der Waals surface area (Å²) in [6, 6.07) is 8.90. The lowest BCUT2D eigenvalue weighted by molar-refractivity contribution is 0.301. The van der Waals surface area contributed by atoms with Gasteiger partial charge in [-0.1, -0.05) is 26.0 Å². The van der Waals surface area contributed by atoms with E-state index in [1.807, 2.05) is 6.92 Å². The smallest absolute Gasteiger partial charge is 0.0366 e. The molecule has 0 saturated carbocycles. The van der Waals surface area contributed by atoms with Gasteiger partial charge < -0.3 is 10.6 Å². The molecule has 18 heavy (non-hydrogen) atoms. The number of hydrogen-bond acceptors (Lipinski definition) is 2. The van der Waals surface area contributed by atoms with E-state index in [9.17, 15) is 0 Å². The van der Waals surface area contributed by atoms with E-state index in [1.165, 1.54) is 43.6 Å². The van der Waals surface area contributed by atoms with Crippen LogP contribution in [0.5, 0.6) is 0 Å². The van der Waals surface area contributed by atoms with E-state index in [4.69, 9.17) is 5.73 Å². The van der Waals surface area contributed by atoms with E-state index in [-0.39, 0.29) is 6.04 Å². The van der Waals surface area contributed by atoms with Crippen molar-refractivity contribution in [3.8, 4) is 0 Å². The van der Waals surface area contributed by atoms with Gasteiger partial charge in [0.15, 0.2) is 0 Å². The summed E-state index contributed by atoms with van der Waals surface area (Å²) in [4.78, 5) is 2.53. The van der Waals surface area contributed by atoms with Crippen molar-refractivity contribution in [2.45, 2.75) is 46.1 Å². The van der Waals surface area contributed by atoms with Gasteiger partial charge in [0.2, 0.25) is 0 Å². The first-order valence-corrected chi connectivity index (χ1v) is 7.21. The highest BCUT2D eigenvalue weighted by Crippen LogP contribution is 2.39. The second-order valence-electron chi connectivity index (χ2n) is 5.76. The topological polar surface area (TPSA) is 29.3 Å². The average molecular weight is 246 g/mol. The maximum absolute atomic E-state index is 5.89. The molecule has 2 rings (SSSR count). The van der Waals surface area contributed by atoms with Gasteiger partial charge in [-0.05, 0) is 49.3 Å². The average Bonchev–Trinajstić information content (AvgIpc) is 2.84. The summed E-state index contributed by atoms with van der Waals surface area (Å²) in [7, 11) is 0. The number of anilines is 1. The maximum Gasteiger partial charge on any atom is 0.0366 e. The second-order valence-corrected chi connectivity index (χ2v) is 5.76. The normalized spacial score (nSPS) is 20.1. The van der Waals surface area contributed by atoms with Crippen LogP contribution in [0.4, 0.5) is 5.69 Å². The molecule has 2 nitrogen and oxygen atoms in total. The summed E-state index contributed by atoms with van der Waals surface area (Å²) < 4.78 is 0. The van der Waals surface area contributed by atoms with Crippen molar-refractivity contribution >= 4 is 5.69 Å². The van der Waals surface area contributed by atoms with Crippen LogP contribution < -0.4 is 10.6 Å². The van der Waals surface area contributed by atoms with Crippen molar-refractivity contribution in [2.75, 3.05) is 18.0 Å². The zero-order valence-corrected chi connectivity index (χ0v) is 11.9. The molecule has 0 aromatic heterocycles. The van der Waals surface area contributed by atoms with E-state index in [1.54, 1.807) is 0 Å². The van der Waals surface area contributed by atoms with Crippen LogP contribution >= 0.6 is 0 Å². The SMILES string of the molecule is CCC1(CC)CCN(c2ccc([C@@H](C)N)cc2)C1. The van der Waals surface area contributed by atoms with Gasteiger partial charge in [-0.2, -0.15) is 0 Å². The molecule has 1 atom stereocenters. The summed E-state index contributed by atoms with van der Waals surface area (Å²) in [5.41, 5.74) is 9.00. The lowest BCUT2D eigenvalue weighted by Gasteiger charge is -2.27. The molecule has 1 aromatic carbocycles. The fourth-order valence-electron chi connectivity index (χ4n) is 2.97. The monoisotopic (exact) mass is 246 g/mol. The number of rotatable bonds is 4. The van der Waals surface area contributed by atoms with Crippen molar-refractivity contribution in [3.63, 3.8) is 0 Å². The zero-order chi connectivity index (χ0) is 13.2. The highest BCUT2D eigenvalue weighted by Gasteiger charge is 2.34. The minimum atomic E-state index is 0.128. The molecule has 1 aliphatic heterocycles. The standard InChI is InChI=1S/C16H26N2/c1-4-16(5-2)10-11-18(12-16)15-8-6-14(7-9-15)13(3)17/h6-9,13H,4-5,10-12,17H2,1-3H3/t13-/m1/s1. The molecular weight excluding hydrogens is 220 g/mol. The van der Waals surface area contributed by atoms with E-state index >= 15 is 0 Å². The van der Waals surface area contributed by atoms with E-state index in [0.717, 1.165) is 0 Å². The summed E-state index contributed by atoms with van der Waals surface area (Å²) >= 11 is 0. The van der Waals surface area contributed by atoms with Gasteiger partial charge in [0.25, 0.3) is 0 Å². The fraction of sp³-hybridized carbons (Fsp3) is 0.625. The Bertz CT molecular complexity index is 377. The van der Waals surface area contributed by atoms with E-state index < -0.39 is 0 Å². The van der Waals surface area contributed by atoms with Gasteiger partial charge in [0.1, 0.15) is 0 Å². The lowest BCUT2D eigenvalue weighted by atomic mass is 9.82. The first kappa shape index (κ1) is 13.4. The van der Waals surface area contributed by atoms with Crippen LogP contribution in [0.3, 0.4) is 0 Å². The van der Waals surface area contributed by atoms with Crippen molar-refractivity contribution in [3.05, 3.63) is 29.8 Å². The van der Waals surface area contributed by atoms with Gasteiger partial charge in [0, 0.05) is 24.8 Å². The largest absolute Gasteiger partial charge is 0.371 e. The first-order chi connectivity index (χ1) is 8.60. The van der Waals surface area contributed by atoms with Crippen molar-refractivity contribution in [2.24, 2.45) is 11.1 Å². The molecule has 1 fully saturated rings. The maximum atomic E-state index is 5.89. The molecule has 1 aliphatic rings. The molecule has 0 aliphatic carbocycles. The molecule has 1 saturated heterocycles. The Hall–Kier alpha value is -1.02. The summed E-state index contributed by atoms with van der Waals surface area (Å²) in [6.07, 6.45) is 3.91. The predicted molar refractivity (Wildman–Crippen MR) is 78.9 cm³/mol. The Labute approximate surface area is 111 Å². The Balaban J connectivity index is 2.09. The third-order valence-corrected chi connectivity index (χ3v) is 4.72. The van der Waals surface area contributed by atoms with Gasteiger partial charge in [0.05, 0.1) is 0 Å². The van der Waals surface area contributed by atoms with Crippen LogP contribution in [0.2, 0.25) is 0 Å². The molecule has 0 unspecified atom stereocenters. The molecule has 0 amide bonds. The molecule has 100 valence electrons. The second kappa shape index (κ2) is 5.31. The zero-order valence-electron chi connectivity index (χ0n) is 11.9. The van der Waals surface area contributed by atoms with E-state index in [2.05, 4.69) is 43.0 Å². The minimum Gasteiger partial charge on any atom is -0.371 e. The number of benzene rings is 1. The Morgan fingerprint density at radius 1 is 1.22 bits per heavy atom. The van der Waals surface area contributed by atoms with Gasteiger partial charge in [-0.25, -0.2) is 0 Å². The number of hydrogen-bond donors (Lipinski definition) is 1. The summed E-state index contributed by atoms with van der Waals surface area (Å²) in [6.45, 7) is 9.08. The van der Waals surface area contributed by atoms with Crippen LogP contribution in [0.1, 0.15) is 51.6 Å². The van der Waals surface area contributed by atoms with Crippen LogP contribution in [0, 0.1) is 5.41 Å². The highest BCUT2D eigenvalue weighted by atomic mass is 15.2. The van der Waals surface area contributed by atoms with Crippen molar-refractivity contribution in [1.29, 1.82) is 0 Å². The molecule has 0 bridgehead atoms. The molecule has 2 heteroatoms. The minimum absolute atomic E-state index is 0.128. The van der Waals surface area contributed by atoms with Crippen molar-refractivity contribution in [1.82, 2.24) is 0 Å². The molecule has 0 radical (unpaired) electrons. The molecular formula is C16H26N2. The molecule has 1 heterocycles. The lowest BCUT2D eigenvalue weighted by Crippen LogP contribution is -2.26. The predicted octanol–water partition coefficient (Wildman–Crippen LogP) is 3.72. The summed E-state index contributed by atoms with van der Waals surface area (Å²) in [5.74, 6) is 0. The van der Waals surface area contributed by atoms with Crippen LogP contribution in [0.15, 0.2) is 24.3 Å². The van der Waals surface area contributed by atoms with Gasteiger partial charge in [-0.3, -0.25) is 0 Å². The van der Waals surface area contributed by atoms with Crippen molar-refractivity contribution < 1.29 is 0 Å². The summed E-state index contributed by atoms with van der Waals surface area (Å²) in [5, 5.41) is 0. The van der Waals surface area contributed by atoms with Gasteiger partial charge >= 0.3 is 0 Å². The quantitative estimate of drug-likeness (QED) is 0.877. The number of nitrogens with zero attached hydrogens (tertiary/aromatic N) is 1. The molecule has 2 N–H and O–H groups in total. The van der Waals surface area contributed by atoms with Crippen LogP contribution in [-0.2, 0) is 0 Å². The Morgan fingerprint density at radius 3 is 2.28 bits per heavy atom. The third-order valence-electron chi connectivity index (χ3n) is 4.72. The fourth-order valence-corrected chi connectivity index (χ4v) is 2.97. The number of nitrogens with two attached hydrogens (primary N) is 1.